The maximum absolute atomic E-state index is 12.3. The first-order valence-electron chi connectivity index (χ1n) is 8.88. The van der Waals surface area contributed by atoms with Crippen LogP contribution >= 0.6 is 0 Å². The van der Waals surface area contributed by atoms with E-state index in [9.17, 15) is 4.79 Å². The normalized spacial score (nSPS) is 21.1. The lowest BCUT2D eigenvalue weighted by Crippen LogP contribution is -2.45. The topological polar surface area (TPSA) is 32.3 Å². The molecule has 1 aromatic carbocycles. The maximum atomic E-state index is 12.3. The summed E-state index contributed by atoms with van der Waals surface area (Å²) < 4.78 is 0. The molecule has 2 fully saturated rings. The number of amides is 1. The van der Waals surface area contributed by atoms with E-state index >= 15 is 0 Å². The van der Waals surface area contributed by atoms with Gasteiger partial charge in [-0.3, -0.25) is 9.69 Å². The fraction of sp³-hybridized carbons (Fsp3) is 0.632. The Kier molecular flexibility index (Phi) is 5.49. The smallest absolute Gasteiger partial charge is 0.223 e. The summed E-state index contributed by atoms with van der Waals surface area (Å²) in [6.07, 6.45) is 8.22. The van der Waals surface area contributed by atoms with Crippen LogP contribution < -0.4 is 5.32 Å². The number of rotatable bonds is 6. The van der Waals surface area contributed by atoms with Gasteiger partial charge >= 0.3 is 0 Å². The highest BCUT2D eigenvalue weighted by atomic mass is 16.1. The predicted octanol–water partition coefficient (Wildman–Crippen LogP) is 3.00. The number of carbonyl (C=O) groups is 1. The van der Waals surface area contributed by atoms with E-state index < -0.39 is 0 Å². The minimum absolute atomic E-state index is 0.274. The Morgan fingerprint density at radius 2 is 1.77 bits per heavy atom. The van der Waals surface area contributed by atoms with Gasteiger partial charge in [-0.05, 0) is 50.8 Å². The molecule has 1 saturated heterocycles. The summed E-state index contributed by atoms with van der Waals surface area (Å²) in [5.74, 6) is 0.561. The van der Waals surface area contributed by atoms with Crippen LogP contribution in [0.25, 0.3) is 0 Å². The molecular formula is C19H28N2O. The van der Waals surface area contributed by atoms with Crippen molar-refractivity contribution in [3.8, 4) is 0 Å². The van der Waals surface area contributed by atoms with Crippen molar-refractivity contribution >= 4 is 5.91 Å². The van der Waals surface area contributed by atoms with Crippen LogP contribution in [0.1, 0.15) is 44.1 Å². The Bertz CT molecular complexity index is 462. The quantitative estimate of drug-likeness (QED) is 0.876. The monoisotopic (exact) mass is 300 g/mol. The van der Waals surface area contributed by atoms with E-state index in [1.807, 2.05) is 0 Å². The van der Waals surface area contributed by atoms with E-state index in [0.717, 1.165) is 25.8 Å². The number of nitrogens with zero attached hydrogens (tertiary/aromatic N) is 1. The molecule has 1 amide bonds. The standard InChI is InChI=1S/C19H28N2O/c22-19(17-10-4-5-11-17)20-15-18(21-12-6-7-13-21)14-16-8-2-1-3-9-16/h1-3,8-9,17-18H,4-7,10-15H2,(H,20,22). The molecule has 22 heavy (non-hydrogen) atoms. The van der Waals surface area contributed by atoms with Gasteiger partial charge in [0.05, 0.1) is 0 Å². The predicted molar refractivity (Wildman–Crippen MR) is 89.7 cm³/mol. The van der Waals surface area contributed by atoms with Crippen LogP contribution in [-0.4, -0.2) is 36.5 Å². The molecule has 3 heteroatoms. The van der Waals surface area contributed by atoms with Crippen LogP contribution in [0.5, 0.6) is 0 Å². The Labute approximate surface area is 134 Å². The van der Waals surface area contributed by atoms with Crippen LogP contribution in [-0.2, 0) is 11.2 Å². The highest BCUT2D eigenvalue weighted by Gasteiger charge is 2.26. The first kappa shape index (κ1) is 15.5. The van der Waals surface area contributed by atoms with Crippen molar-refractivity contribution in [1.82, 2.24) is 10.2 Å². The summed E-state index contributed by atoms with van der Waals surface area (Å²) in [7, 11) is 0. The van der Waals surface area contributed by atoms with Gasteiger partial charge in [0, 0.05) is 18.5 Å². The molecule has 0 bridgehead atoms. The Morgan fingerprint density at radius 1 is 1.09 bits per heavy atom. The van der Waals surface area contributed by atoms with E-state index in [1.54, 1.807) is 0 Å². The molecule has 0 spiro atoms. The van der Waals surface area contributed by atoms with Crippen LogP contribution in [0, 0.1) is 5.92 Å². The maximum Gasteiger partial charge on any atom is 0.223 e. The molecule has 1 aromatic rings. The molecule has 1 unspecified atom stereocenters. The van der Waals surface area contributed by atoms with Crippen molar-refractivity contribution < 1.29 is 4.79 Å². The van der Waals surface area contributed by atoms with E-state index in [0.29, 0.717) is 6.04 Å². The van der Waals surface area contributed by atoms with Crippen molar-refractivity contribution in [3.05, 3.63) is 35.9 Å². The SMILES string of the molecule is O=C(NCC(Cc1ccccc1)N1CCCC1)C1CCCC1. The number of likely N-dealkylation sites (tertiary alicyclic amines) is 1. The molecule has 120 valence electrons. The van der Waals surface area contributed by atoms with Gasteiger partial charge in [0.2, 0.25) is 5.91 Å². The number of hydrogen-bond donors (Lipinski definition) is 1. The van der Waals surface area contributed by atoms with Gasteiger partial charge < -0.3 is 5.32 Å². The van der Waals surface area contributed by atoms with Crippen molar-refractivity contribution in [1.29, 1.82) is 0 Å². The average molecular weight is 300 g/mol. The fourth-order valence-electron chi connectivity index (χ4n) is 3.87. The van der Waals surface area contributed by atoms with Crippen LogP contribution in [0.2, 0.25) is 0 Å². The van der Waals surface area contributed by atoms with Gasteiger partial charge in [0.1, 0.15) is 0 Å². The Morgan fingerprint density at radius 3 is 2.45 bits per heavy atom. The van der Waals surface area contributed by atoms with Gasteiger partial charge in [-0.15, -0.1) is 0 Å². The third kappa shape index (κ3) is 4.10. The second kappa shape index (κ2) is 7.77. The lowest BCUT2D eigenvalue weighted by Gasteiger charge is -2.28. The molecule has 1 aliphatic heterocycles. The zero-order chi connectivity index (χ0) is 15.2. The van der Waals surface area contributed by atoms with E-state index in [1.165, 1.54) is 44.3 Å². The van der Waals surface area contributed by atoms with E-state index in [-0.39, 0.29) is 11.8 Å². The number of nitrogens with one attached hydrogen (secondary N) is 1. The second-order valence-corrected chi connectivity index (χ2v) is 6.81. The molecule has 3 nitrogen and oxygen atoms in total. The van der Waals surface area contributed by atoms with Gasteiger partial charge in [0.15, 0.2) is 0 Å². The van der Waals surface area contributed by atoms with Crippen molar-refractivity contribution in [2.75, 3.05) is 19.6 Å². The summed E-state index contributed by atoms with van der Waals surface area (Å²) in [5, 5.41) is 3.24. The molecular weight excluding hydrogens is 272 g/mol. The highest BCUT2D eigenvalue weighted by molar-refractivity contribution is 5.78. The third-order valence-corrected chi connectivity index (χ3v) is 5.21. The molecule has 0 radical (unpaired) electrons. The number of benzene rings is 1. The first-order chi connectivity index (χ1) is 10.8. The van der Waals surface area contributed by atoms with Crippen LogP contribution in [0.15, 0.2) is 30.3 Å². The summed E-state index contributed by atoms with van der Waals surface area (Å²) in [6.45, 7) is 3.15. The number of carbonyl (C=O) groups excluding carboxylic acids is 1. The molecule has 0 aromatic heterocycles. The summed E-state index contributed by atoms with van der Waals surface area (Å²) in [4.78, 5) is 14.8. The van der Waals surface area contributed by atoms with E-state index in [4.69, 9.17) is 0 Å². The van der Waals surface area contributed by atoms with Gasteiger partial charge in [-0.2, -0.15) is 0 Å². The summed E-state index contributed by atoms with van der Waals surface area (Å²) in [6, 6.07) is 11.1. The fourth-order valence-corrected chi connectivity index (χ4v) is 3.87. The minimum atomic E-state index is 0.274. The number of hydrogen-bond acceptors (Lipinski definition) is 2. The van der Waals surface area contributed by atoms with Crippen molar-refractivity contribution in [3.63, 3.8) is 0 Å². The average Bonchev–Trinajstić information content (AvgIpc) is 3.24. The largest absolute Gasteiger partial charge is 0.354 e. The molecule has 1 atom stereocenters. The van der Waals surface area contributed by atoms with Gasteiger partial charge in [0.25, 0.3) is 0 Å². The molecule has 1 heterocycles. The van der Waals surface area contributed by atoms with Crippen LogP contribution in [0.3, 0.4) is 0 Å². The highest BCUT2D eigenvalue weighted by Crippen LogP contribution is 2.24. The first-order valence-corrected chi connectivity index (χ1v) is 8.88. The molecule has 1 N–H and O–H groups in total. The lowest BCUT2D eigenvalue weighted by atomic mass is 10.0. The molecule has 1 saturated carbocycles. The zero-order valence-electron chi connectivity index (χ0n) is 13.5. The molecule has 2 aliphatic rings. The van der Waals surface area contributed by atoms with Crippen molar-refractivity contribution in [2.24, 2.45) is 5.92 Å². The minimum Gasteiger partial charge on any atom is -0.354 e. The lowest BCUT2D eigenvalue weighted by molar-refractivity contribution is -0.125. The van der Waals surface area contributed by atoms with Crippen LogP contribution in [0.4, 0.5) is 0 Å². The summed E-state index contributed by atoms with van der Waals surface area (Å²) in [5.41, 5.74) is 1.37. The van der Waals surface area contributed by atoms with E-state index in [2.05, 4.69) is 40.5 Å². The Balaban J connectivity index is 1.57. The van der Waals surface area contributed by atoms with Gasteiger partial charge in [-0.1, -0.05) is 43.2 Å². The zero-order valence-corrected chi connectivity index (χ0v) is 13.5. The summed E-state index contributed by atoms with van der Waals surface area (Å²) >= 11 is 0. The third-order valence-electron chi connectivity index (χ3n) is 5.21. The van der Waals surface area contributed by atoms with Gasteiger partial charge in [-0.25, -0.2) is 0 Å². The Hall–Kier alpha value is -1.35. The van der Waals surface area contributed by atoms with Crippen molar-refractivity contribution in [2.45, 2.75) is 51.0 Å². The second-order valence-electron chi connectivity index (χ2n) is 6.81. The molecule has 3 rings (SSSR count). The molecule has 1 aliphatic carbocycles.